The van der Waals surface area contributed by atoms with Crippen LogP contribution in [0.25, 0.3) is 4.96 Å². The molecule has 2 aromatic heterocycles. The zero-order valence-electron chi connectivity index (χ0n) is 8.88. The first-order valence-corrected chi connectivity index (χ1v) is 5.80. The van der Waals surface area contributed by atoms with Crippen LogP contribution >= 0.6 is 11.3 Å². The van der Waals surface area contributed by atoms with Gasteiger partial charge >= 0.3 is 10.5 Å². The SMILES string of the molecule is COCCC[n+]1c([O-])cc(=O)n2ccsc21. The molecule has 0 aromatic carbocycles. The van der Waals surface area contributed by atoms with Gasteiger partial charge in [-0.15, -0.1) is 0 Å². The van der Waals surface area contributed by atoms with Gasteiger partial charge in [0.05, 0.1) is 18.5 Å². The molecule has 0 aliphatic carbocycles. The van der Waals surface area contributed by atoms with Crippen molar-refractivity contribution in [1.82, 2.24) is 4.40 Å². The molecule has 16 heavy (non-hydrogen) atoms. The lowest BCUT2D eigenvalue weighted by Gasteiger charge is -2.09. The number of hydrogen-bond acceptors (Lipinski definition) is 4. The van der Waals surface area contributed by atoms with E-state index >= 15 is 0 Å². The molecule has 2 heterocycles. The van der Waals surface area contributed by atoms with E-state index in [1.165, 1.54) is 15.7 Å². The third-order valence-corrected chi connectivity index (χ3v) is 3.19. The smallest absolute Gasteiger partial charge is 0.347 e. The summed E-state index contributed by atoms with van der Waals surface area (Å²) < 4.78 is 8.03. The van der Waals surface area contributed by atoms with Crippen LogP contribution in [0, 0.1) is 0 Å². The van der Waals surface area contributed by atoms with E-state index in [4.69, 9.17) is 4.74 Å². The Hall–Kier alpha value is -1.40. The molecule has 0 saturated heterocycles. The van der Waals surface area contributed by atoms with Crippen LogP contribution < -0.4 is 15.2 Å². The van der Waals surface area contributed by atoms with E-state index in [-0.39, 0.29) is 11.4 Å². The van der Waals surface area contributed by atoms with Gasteiger partial charge in [0.1, 0.15) is 6.20 Å². The van der Waals surface area contributed by atoms with Gasteiger partial charge in [-0.05, 0) is 0 Å². The number of aryl methyl sites for hydroxylation is 1. The summed E-state index contributed by atoms with van der Waals surface area (Å²) >= 11 is 1.39. The standard InChI is InChI=1S/C10H12N2O3S/c1-15-5-2-3-11-8(13)7-9(14)12-4-6-16-10(11)12/h4,6-7H,2-3,5H2,1H3. The van der Waals surface area contributed by atoms with Gasteiger partial charge in [0.2, 0.25) is 0 Å². The maximum absolute atomic E-state index is 11.7. The van der Waals surface area contributed by atoms with E-state index in [2.05, 4.69) is 0 Å². The number of thiazole rings is 1. The second kappa shape index (κ2) is 4.63. The summed E-state index contributed by atoms with van der Waals surface area (Å²) in [6, 6.07) is 1.12. The first kappa shape index (κ1) is 11.1. The van der Waals surface area contributed by atoms with Gasteiger partial charge in [-0.25, -0.2) is 9.36 Å². The van der Waals surface area contributed by atoms with Crippen molar-refractivity contribution in [2.45, 2.75) is 13.0 Å². The first-order chi connectivity index (χ1) is 7.74. The number of nitrogens with zero attached hydrogens (tertiary/aromatic N) is 2. The Morgan fingerprint density at radius 3 is 3.19 bits per heavy atom. The quantitative estimate of drug-likeness (QED) is 0.547. The first-order valence-electron chi connectivity index (χ1n) is 4.92. The van der Waals surface area contributed by atoms with Gasteiger partial charge in [0.15, 0.2) is 0 Å². The number of methoxy groups -OCH3 is 1. The third kappa shape index (κ3) is 1.94. The van der Waals surface area contributed by atoms with Gasteiger partial charge in [-0.2, -0.15) is 4.40 Å². The summed E-state index contributed by atoms with van der Waals surface area (Å²) in [7, 11) is 1.62. The highest BCUT2D eigenvalue weighted by Gasteiger charge is 2.12. The van der Waals surface area contributed by atoms with Crippen LogP contribution in [0.4, 0.5) is 0 Å². The predicted octanol–water partition coefficient (Wildman–Crippen LogP) is -0.241. The van der Waals surface area contributed by atoms with Crippen LogP contribution in [0.3, 0.4) is 0 Å². The summed E-state index contributed by atoms with van der Waals surface area (Å²) in [6.45, 7) is 1.17. The molecule has 6 heteroatoms. The second-order valence-electron chi connectivity index (χ2n) is 3.37. The summed E-state index contributed by atoms with van der Waals surface area (Å²) in [4.78, 5) is 12.1. The van der Waals surface area contributed by atoms with Crippen LogP contribution in [0.5, 0.6) is 5.88 Å². The van der Waals surface area contributed by atoms with Crippen molar-refractivity contribution in [3.05, 3.63) is 28.0 Å². The third-order valence-electron chi connectivity index (χ3n) is 2.30. The van der Waals surface area contributed by atoms with Gasteiger partial charge in [0, 0.05) is 25.5 Å². The Bertz CT molecular complexity index is 546. The molecule has 0 aliphatic heterocycles. The van der Waals surface area contributed by atoms with Crippen LogP contribution in [-0.4, -0.2) is 18.1 Å². The predicted molar refractivity (Wildman–Crippen MR) is 57.7 cm³/mol. The van der Waals surface area contributed by atoms with Crippen LogP contribution in [0.1, 0.15) is 6.42 Å². The lowest BCUT2D eigenvalue weighted by atomic mass is 10.4. The molecule has 0 fully saturated rings. The molecule has 0 saturated carbocycles. The molecular formula is C10H12N2O3S. The molecule has 2 rings (SSSR count). The maximum Gasteiger partial charge on any atom is 0.347 e. The number of fused-ring (bicyclic) bond motifs is 1. The fourth-order valence-electron chi connectivity index (χ4n) is 1.55. The minimum Gasteiger partial charge on any atom is -0.842 e. The zero-order chi connectivity index (χ0) is 11.5. The van der Waals surface area contributed by atoms with E-state index in [0.29, 0.717) is 18.1 Å². The molecule has 86 valence electrons. The van der Waals surface area contributed by atoms with Gasteiger partial charge in [-0.1, -0.05) is 11.3 Å². The Kier molecular flexibility index (Phi) is 3.21. The van der Waals surface area contributed by atoms with Gasteiger partial charge in [0.25, 0.3) is 0 Å². The molecule has 0 aliphatic rings. The van der Waals surface area contributed by atoms with Crippen molar-refractivity contribution < 1.29 is 14.4 Å². The lowest BCUT2D eigenvalue weighted by molar-refractivity contribution is -0.715. The minimum absolute atomic E-state index is 0.247. The second-order valence-corrected chi connectivity index (χ2v) is 4.25. The summed E-state index contributed by atoms with van der Waals surface area (Å²) in [5, 5.41) is 13.5. The van der Waals surface area contributed by atoms with Gasteiger partial charge < -0.3 is 9.84 Å². The minimum atomic E-state index is -0.274. The molecule has 0 atom stereocenters. The summed E-state index contributed by atoms with van der Waals surface area (Å²) in [6.07, 6.45) is 2.43. The molecule has 0 radical (unpaired) electrons. The van der Waals surface area contributed by atoms with E-state index in [0.717, 1.165) is 12.5 Å². The van der Waals surface area contributed by atoms with Crippen LogP contribution in [0.15, 0.2) is 22.4 Å². The molecule has 0 N–H and O–H groups in total. The summed E-state index contributed by atoms with van der Waals surface area (Å²) in [5.74, 6) is -0.247. The molecule has 0 amide bonds. The molecule has 0 bridgehead atoms. The number of rotatable bonds is 4. The van der Waals surface area contributed by atoms with Crippen molar-refractivity contribution in [2.75, 3.05) is 13.7 Å². The van der Waals surface area contributed by atoms with E-state index in [1.807, 2.05) is 0 Å². The lowest BCUT2D eigenvalue weighted by Crippen LogP contribution is -2.42. The van der Waals surface area contributed by atoms with Crippen molar-refractivity contribution >= 4 is 16.3 Å². The van der Waals surface area contributed by atoms with Crippen molar-refractivity contribution in [3.8, 4) is 5.88 Å². The molecular weight excluding hydrogens is 228 g/mol. The van der Waals surface area contributed by atoms with E-state index in [1.54, 1.807) is 23.3 Å². The van der Waals surface area contributed by atoms with Crippen molar-refractivity contribution in [1.29, 1.82) is 0 Å². The molecule has 0 unspecified atom stereocenters. The Labute approximate surface area is 96.2 Å². The van der Waals surface area contributed by atoms with Crippen molar-refractivity contribution in [3.63, 3.8) is 0 Å². The van der Waals surface area contributed by atoms with Gasteiger partial charge in [-0.3, -0.25) is 0 Å². The molecule has 0 spiro atoms. The summed E-state index contributed by atoms with van der Waals surface area (Å²) in [5.41, 5.74) is -0.274. The highest BCUT2D eigenvalue weighted by atomic mass is 32.1. The molecule has 2 aromatic rings. The monoisotopic (exact) mass is 240 g/mol. The highest BCUT2D eigenvalue weighted by molar-refractivity contribution is 7.14. The number of aromatic nitrogens is 2. The largest absolute Gasteiger partial charge is 0.842 e. The average molecular weight is 240 g/mol. The topological polar surface area (TPSA) is 57.7 Å². The Morgan fingerprint density at radius 1 is 1.62 bits per heavy atom. The van der Waals surface area contributed by atoms with Crippen LogP contribution in [0.2, 0.25) is 0 Å². The zero-order valence-corrected chi connectivity index (χ0v) is 9.70. The van der Waals surface area contributed by atoms with Crippen LogP contribution in [-0.2, 0) is 11.3 Å². The Balaban J connectivity index is 2.42. The normalized spacial score (nSPS) is 11.1. The maximum atomic E-state index is 11.7. The van der Waals surface area contributed by atoms with E-state index in [9.17, 15) is 9.90 Å². The number of hydrogen-bond donors (Lipinski definition) is 0. The van der Waals surface area contributed by atoms with E-state index < -0.39 is 0 Å². The van der Waals surface area contributed by atoms with Crippen molar-refractivity contribution in [2.24, 2.45) is 0 Å². The Morgan fingerprint density at radius 2 is 2.44 bits per heavy atom. The average Bonchev–Trinajstić information content (AvgIpc) is 2.72. The number of ether oxygens (including phenoxy) is 1. The highest BCUT2D eigenvalue weighted by Crippen LogP contribution is 2.06. The fraction of sp³-hybridized carbons (Fsp3) is 0.400. The molecule has 5 nitrogen and oxygen atoms in total. The fourth-order valence-corrected chi connectivity index (χ4v) is 2.43.